The van der Waals surface area contributed by atoms with Crippen LogP contribution in [-0.2, 0) is 87.5 Å². The van der Waals surface area contributed by atoms with E-state index in [4.69, 9.17) is 61.7 Å². The molecule has 0 aliphatic carbocycles. The summed E-state index contributed by atoms with van der Waals surface area (Å²) in [6, 6.07) is 4.80. The van der Waals surface area contributed by atoms with Crippen molar-refractivity contribution in [3.63, 3.8) is 0 Å². The van der Waals surface area contributed by atoms with E-state index in [1.165, 1.54) is 13.8 Å². The van der Waals surface area contributed by atoms with Gasteiger partial charge < -0.3 is 61.7 Å². The summed E-state index contributed by atoms with van der Waals surface area (Å²) in [5.41, 5.74) is 1.91. The molecule has 2 bridgehead atoms. The molecule has 2 aromatic heterocycles. The molecule has 22 heteroatoms. The van der Waals surface area contributed by atoms with Crippen molar-refractivity contribution in [1.29, 1.82) is 0 Å². The van der Waals surface area contributed by atoms with Crippen molar-refractivity contribution in [2.75, 3.05) is 61.9 Å². The number of carbonyl (C=O) groups excluding carboxylic acids is 4. The monoisotopic (exact) mass is 1100 g/mol. The Balaban J connectivity index is 1.36. The predicted octanol–water partition coefficient (Wildman–Crippen LogP) is 5.37. The quantitative estimate of drug-likeness (QED) is 0.117. The van der Waals surface area contributed by atoms with Gasteiger partial charge in [-0.25, -0.2) is 9.67 Å². The molecule has 6 rings (SSSR count). The highest BCUT2D eigenvalue weighted by molar-refractivity contribution is 5.91. The number of rotatable bonds is 16. The summed E-state index contributed by atoms with van der Waals surface area (Å²) in [7, 11) is 8.30. The molecule has 2 unspecified atom stereocenters. The molecule has 22 nitrogen and oxygen atoms in total. The maximum Gasteiger partial charge on any atom is 0.308 e. The average molecular weight is 1100 g/mol. The largest absolute Gasteiger partial charge is 0.462 e. The zero-order valence-corrected chi connectivity index (χ0v) is 47.6. The molecule has 0 N–H and O–H groups in total. The Morgan fingerprint density at radius 2 is 1.58 bits per heavy atom. The predicted molar refractivity (Wildman–Crippen MR) is 282 cm³/mol. The molecular formula is C56H83N5O17. The molecule has 0 saturated carbocycles. The van der Waals surface area contributed by atoms with Gasteiger partial charge in [0.2, 0.25) is 0 Å². The fourth-order valence-corrected chi connectivity index (χ4v) is 10.8. The van der Waals surface area contributed by atoms with Crippen molar-refractivity contribution in [2.45, 2.75) is 167 Å². The van der Waals surface area contributed by atoms with Gasteiger partial charge in [0.05, 0.1) is 56.7 Å². The molecule has 0 spiro atoms. The van der Waals surface area contributed by atoms with E-state index in [9.17, 15) is 19.2 Å². The first-order valence-corrected chi connectivity index (χ1v) is 26.9. The third-order valence-corrected chi connectivity index (χ3v) is 14.8. The van der Waals surface area contributed by atoms with Crippen LogP contribution >= 0.6 is 0 Å². The average Bonchev–Trinajstić information content (AvgIpc) is 4.04. The molecule has 6 heterocycles. The van der Waals surface area contributed by atoms with Crippen LogP contribution in [0.4, 0.5) is 0 Å². The second-order valence-corrected chi connectivity index (χ2v) is 20.9. The van der Waals surface area contributed by atoms with Gasteiger partial charge in [-0.15, -0.1) is 0 Å². The highest BCUT2D eigenvalue weighted by Crippen LogP contribution is 2.38. The van der Waals surface area contributed by atoms with Gasteiger partial charge in [-0.1, -0.05) is 49.7 Å². The molecule has 434 valence electrons. The van der Waals surface area contributed by atoms with Crippen molar-refractivity contribution < 1.29 is 80.9 Å². The number of carbonyl (C=O) groups is 4. The van der Waals surface area contributed by atoms with Gasteiger partial charge in [-0.3, -0.25) is 24.1 Å². The maximum atomic E-state index is 14.7. The highest BCUT2D eigenvalue weighted by atomic mass is 16.7. The maximum absolute atomic E-state index is 14.7. The van der Waals surface area contributed by atoms with Crippen LogP contribution in [0.15, 0.2) is 65.7 Å². The van der Waals surface area contributed by atoms with Crippen LogP contribution in [0.25, 0.3) is 5.82 Å². The van der Waals surface area contributed by atoms with Gasteiger partial charge >= 0.3 is 17.9 Å². The number of hydrogen-bond donors (Lipinski definition) is 0. The fraction of sp³-hybridized carbons (Fsp3) is 0.696. The summed E-state index contributed by atoms with van der Waals surface area (Å²) in [5.74, 6) is -3.32. The number of fused-ring (bicyclic) bond motifs is 3. The minimum Gasteiger partial charge on any atom is -0.462 e. The molecule has 17 atom stereocenters. The molecule has 78 heavy (non-hydrogen) atoms. The van der Waals surface area contributed by atoms with E-state index in [1.54, 1.807) is 77.8 Å². The topological polar surface area (TPSA) is 235 Å². The van der Waals surface area contributed by atoms with Crippen molar-refractivity contribution in [1.82, 2.24) is 19.7 Å². The summed E-state index contributed by atoms with van der Waals surface area (Å²) in [6.07, 6.45) is 2.06. The van der Waals surface area contributed by atoms with Crippen LogP contribution in [0.1, 0.15) is 86.6 Å². The standard InChI is InChI=1S/C56H83N5O17/c1-14-44-41(29-71-55-54(68-13)53(67-12)51(66-11)36(6)73-55)24-32(2)16-18-43(64)33(3)25-40-20-23-69-30-42(59-72-28-39-17-19-46(57-27-39)61-22-15-21-58-61)31-70-45(26-47(65)77-44)34(4)49(40)78-56-52(76-38(8)63)48(60(9)10)50(35(5)74-56)75-37(7)62/h15-19,21-22,24,27,33-36,40-41,44-45,48-56H,14,20,23,25-26,28-31H2,1-13H3/b18-16+,32-24+,59-42+/t33-,34+,35-,36-,40+,41-,44-,45-,48+,49-,50-,51-,52-,53-,54-,55?,56?/m1/s1. The minimum absolute atomic E-state index is 0.0204. The first-order valence-electron chi connectivity index (χ1n) is 26.9. The third-order valence-electron chi connectivity index (χ3n) is 14.8. The molecule has 4 aliphatic rings. The number of likely N-dealkylation sites (N-methyl/N-ethyl adjacent to an activating group) is 1. The number of ketones is 1. The number of hydrogen-bond acceptors (Lipinski definition) is 21. The lowest BCUT2D eigenvalue weighted by molar-refractivity contribution is -0.308. The van der Waals surface area contributed by atoms with Gasteiger partial charge in [0.15, 0.2) is 30.3 Å². The zero-order valence-electron chi connectivity index (χ0n) is 47.6. The van der Waals surface area contributed by atoms with Crippen LogP contribution < -0.4 is 0 Å². The summed E-state index contributed by atoms with van der Waals surface area (Å²) < 4.78 is 76.9. The smallest absolute Gasteiger partial charge is 0.308 e. The SMILES string of the molecule is CC[C@H]1OC(=O)C[C@H]2OC/C(=N/OCc3ccc(-n4cccn4)nc3)COCC[C@@H](C[C@@H](C)C(=O)/C=C/C(C)=C/[C@@H]1COC1O[C@H](C)[C@@H](OC)[C@@H](OC)[C@H]1OC)[C@H](OC1O[C@H](C)[C@@H](OC(C)=O)[C@H](N(C)C)[C@H]1OC(C)=O)[C@H]2C. The highest BCUT2D eigenvalue weighted by Gasteiger charge is 2.52. The molecular weight excluding hydrogens is 1010 g/mol. The summed E-state index contributed by atoms with van der Waals surface area (Å²) in [6.45, 7) is 14.0. The van der Waals surface area contributed by atoms with Gasteiger partial charge in [0.25, 0.3) is 0 Å². The first-order chi connectivity index (χ1) is 37.3. The summed E-state index contributed by atoms with van der Waals surface area (Å²) in [4.78, 5) is 66.6. The van der Waals surface area contributed by atoms with E-state index >= 15 is 0 Å². The van der Waals surface area contributed by atoms with Gasteiger partial charge in [-0.2, -0.15) is 5.10 Å². The third kappa shape index (κ3) is 16.8. The van der Waals surface area contributed by atoms with E-state index in [0.717, 1.165) is 11.1 Å². The van der Waals surface area contributed by atoms with Gasteiger partial charge in [0.1, 0.15) is 42.8 Å². The molecule has 4 aliphatic heterocycles. The van der Waals surface area contributed by atoms with Crippen LogP contribution in [0, 0.1) is 23.7 Å². The van der Waals surface area contributed by atoms with Crippen molar-refractivity contribution in [3.05, 3.63) is 66.2 Å². The van der Waals surface area contributed by atoms with Crippen molar-refractivity contribution >= 4 is 29.4 Å². The Kier molecular flexibility index (Phi) is 23.9. The minimum atomic E-state index is -1.21. The number of pyridine rings is 1. The van der Waals surface area contributed by atoms with E-state index in [0.29, 0.717) is 30.8 Å². The summed E-state index contributed by atoms with van der Waals surface area (Å²) >= 11 is 0. The van der Waals surface area contributed by atoms with Crippen molar-refractivity contribution in [2.24, 2.45) is 28.8 Å². The fourth-order valence-electron chi connectivity index (χ4n) is 10.8. The number of allylic oxidation sites excluding steroid dienone is 3. The second kappa shape index (κ2) is 30.0. The number of cyclic esters (lactones) is 1. The lowest BCUT2D eigenvalue weighted by Gasteiger charge is -2.48. The summed E-state index contributed by atoms with van der Waals surface area (Å²) in [5, 5.41) is 8.71. The molecule has 3 fully saturated rings. The normalized spacial score (nSPS) is 35.5. The molecule has 0 radical (unpaired) electrons. The zero-order chi connectivity index (χ0) is 56.6. The van der Waals surface area contributed by atoms with E-state index in [1.807, 2.05) is 63.8 Å². The van der Waals surface area contributed by atoms with E-state index in [2.05, 4.69) is 15.2 Å². The first kappa shape index (κ1) is 62.2. The number of oxime groups is 1. The lowest BCUT2D eigenvalue weighted by Crippen LogP contribution is -2.65. The molecule has 2 aromatic rings. The molecule has 0 aromatic carbocycles. The van der Waals surface area contributed by atoms with Crippen LogP contribution in [0.2, 0.25) is 0 Å². The van der Waals surface area contributed by atoms with Crippen LogP contribution in [0.5, 0.6) is 0 Å². The number of aromatic nitrogens is 3. The van der Waals surface area contributed by atoms with E-state index in [-0.39, 0.29) is 45.2 Å². The second-order valence-electron chi connectivity index (χ2n) is 20.9. The number of ether oxygens (including phenoxy) is 12. The molecule has 0 amide bonds. The van der Waals surface area contributed by atoms with Gasteiger partial charge in [-0.05, 0) is 78.3 Å². The Hall–Kier alpha value is -5.01. The van der Waals surface area contributed by atoms with E-state index < -0.39 is 121 Å². The Morgan fingerprint density at radius 3 is 2.22 bits per heavy atom. The van der Waals surface area contributed by atoms with Gasteiger partial charge in [0, 0.05) is 83.7 Å². The number of esters is 3. The van der Waals surface area contributed by atoms with Crippen LogP contribution in [0.3, 0.4) is 0 Å². The number of nitrogens with zero attached hydrogens (tertiary/aromatic N) is 5. The Morgan fingerprint density at radius 1 is 0.872 bits per heavy atom. The number of methoxy groups -OCH3 is 3. The Bertz CT molecular complexity index is 2310. The lowest BCUT2D eigenvalue weighted by atomic mass is 9.79. The Labute approximate surface area is 458 Å². The molecule has 3 saturated heterocycles. The van der Waals surface area contributed by atoms with Crippen LogP contribution in [-0.4, -0.2) is 191 Å². The van der Waals surface area contributed by atoms with Crippen molar-refractivity contribution in [3.8, 4) is 5.82 Å².